The van der Waals surface area contributed by atoms with Crippen molar-refractivity contribution in [2.75, 3.05) is 21.1 Å². The first-order chi connectivity index (χ1) is 13.6. The lowest BCUT2D eigenvalue weighted by Gasteiger charge is -2.12. The first kappa shape index (κ1) is 19.6. The molecule has 1 aromatic carbocycles. The summed E-state index contributed by atoms with van der Waals surface area (Å²) in [5, 5.41) is 8.46. The number of carbonyl (C=O) groups excluding carboxylic acids is 1. The van der Waals surface area contributed by atoms with E-state index in [1.165, 1.54) is 0 Å². The van der Waals surface area contributed by atoms with Crippen LogP contribution in [0.4, 0.5) is 0 Å². The molecule has 0 bridgehead atoms. The Balaban J connectivity index is 1.50. The van der Waals surface area contributed by atoms with Crippen LogP contribution in [0.5, 0.6) is 0 Å². The van der Waals surface area contributed by atoms with E-state index < -0.39 is 0 Å². The summed E-state index contributed by atoms with van der Waals surface area (Å²) in [6.07, 6.45) is 1.65. The van der Waals surface area contributed by atoms with Gasteiger partial charge in [-0.1, -0.05) is 18.2 Å². The second-order valence-corrected chi connectivity index (χ2v) is 7.24. The van der Waals surface area contributed by atoms with Crippen molar-refractivity contribution >= 4 is 23.2 Å². The van der Waals surface area contributed by atoms with Crippen molar-refractivity contribution in [1.82, 2.24) is 20.5 Å². The Morgan fingerprint density at radius 1 is 1.18 bits per heavy atom. The van der Waals surface area contributed by atoms with Crippen molar-refractivity contribution in [2.45, 2.75) is 13.1 Å². The molecule has 0 aliphatic heterocycles. The number of nitrogens with one attached hydrogen (secondary N) is 2. The van der Waals surface area contributed by atoms with Crippen LogP contribution < -0.4 is 10.6 Å². The summed E-state index contributed by atoms with van der Waals surface area (Å²) in [6.45, 7) is 1.10. The number of hydrogen-bond acceptors (Lipinski definition) is 5. The minimum absolute atomic E-state index is 0.00786. The van der Waals surface area contributed by atoms with Crippen LogP contribution in [0.15, 0.2) is 57.5 Å². The SMILES string of the molecule is CN=C(NCc1ccc(C(=O)N(C)C)cc1)NCc1coc(-c2cccs2)n1. The summed E-state index contributed by atoms with van der Waals surface area (Å²) < 4.78 is 5.52. The molecule has 0 aliphatic rings. The van der Waals surface area contributed by atoms with E-state index >= 15 is 0 Å². The average Bonchev–Trinajstić information content (AvgIpc) is 3.39. The molecule has 0 spiro atoms. The minimum Gasteiger partial charge on any atom is -0.443 e. The average molecular weight is 398 g/mol. The lowest BCUT2D eigenvalue weighted by molar-refractivity contribution is 0.0827. The maximum Gasteiger partial charge on any atom is 0.253 e. The van der Waals surface area contributed by atoms with Gasteiger partial charge in [-0.2, -0.15) is 0 Å². The van der Waals surface area contributed by atoms with E-state index in [-0.39, 0.29) is 5.91 Å². The Bertz CT molecular complexity index is 930. The van der Waals surface area contributed by atoms with Crippen molar-refractivity contribution < 1.29 is 9.21 Å². The summed E-state index contributed by atoms with van der Waals surface area (Å²) in [5.74, 6) is 1.28. The summed E-state index contributed by atoms with van der Waals surface area (Å²) in [5.41, 5.74) is 2.53. The number of guanidine groups is 1. The van der Waals surface area contributed by atoms with Crippen LogP contribution >= 0.6 is 11.3 Å². The highest BCUT2D eigenvalue weighted by atomic mass is 32.1. The van der Waals surface area contributed by atoms with Gasteiger partial charge in [0.25, 0.3) is 5.91 Å². The molecular formula is C20H23N5O2S. The van der Waals surface area contributed by atoms with Gasteiger partial charge in [-0.3, -0.25) is 9.79 Å². The Labute approximate surface area is 168 Å². The Hall–Kier alpha value is -3.13. The van der Waals surface area contributed by atoms with Gasteiger partial charge >= 0.3 is 0 Å². The molecular weight excluding hydrogens is 374 g/mol. The van der Waals surface area contributed by atoms with E-state index in [0.29, 0.717) is 30.5 Å². The molecule has 2 N–H and O–H groups in total. The summed E-state index contributed by atoms with van der Waals surface area (Å²) >= 11 is 1.59. The molecule has 28 heavy (non-hydrogen) atoms. The van der Waals surface area contributed by atoms with E-state index in [4.69, 9.17) is 4.42 Å². The molecule has 1 amide bonds. The normalized spacial score (nSPS) is 11.3. The van der Waals surface area contributed by atoms with Crippen LogP contribution in [0.25, 0.3) is 10.8 Å². The number of oxazole rings is 1. The topological polar surface area (TPSA) is 82.8 Å². The maximum atomic E-state index is 11.9. The number of amides is 1. The van der Waals surface area contributed by atoms with Crippen molar-refractivity contribution in [3.8, 4) is 10.8 Å². The Kier molecular flexibility index (Phi) is 6.44. The number of hydrogen-bond donors (Lipinski definition) is 2. The molecule has 3 rings (SSSR count). The van der Waals surface area contributed by atoms with Crippen LogP contribution in [0, 0.1) is 0 Å². The van der Waals surface area contributed by atoms with Gasteiger partial charge in [-0.25, -0.2) is 4.98 Å². The number of thiophene rings is 1. The number of nitrogens with zero attached hydrogens (tertiary/aromatic N) is 3. The van der Waals surface area contributed by atoms with Crippen molar-refractivity contribution in [2.24, 2.45) is 4.99 Å². The number of rotatable bonds is 6. The predicted octanol–water partition coefficient (Wildman–Crippen LogP) is 2.97. The largest absolute Gasteiger partial charge is 0.443 e. The molecule has 7 nitrogen and oxygen atoms in total. The molecule has 3 aromatic rings. The zero-order chi connectivity index (χ0) is 19.9. The van der Waals surface area contributed by atoms with E-state index in [9.17, 15) is 4.79 Å². The lowest BCUT2D eigenvalue weighted by atomic mass is 10.1. The van der Waals surface area contributed by atoms with Gasteiger partial charge in [0.1, 0.15) is 6.26 Å². The zero-order valence-corrected chi connectivity index (χ0v) is 16.9. The smallest absolute Gasteiger partial charge is 0.253 e. The molecule has 2 heterocycles. The molecule has 8 heteroatoms. The molecule has 0 radical (unpaired) electrons. The van der Waals surface area contributed by atoms with Crippen LogP contribution in [-0.4, -0.2) is 42.9 Å². The Morgan fingerprint density at radius 3 is 2.57 bits per heavy atom. The predicted molar refractivity (Wildman–Crippen MR) is 111 cm³/mol. The summed E-state index contributed by atoms with van der Waals surface area (Å²) in [4.78, 5) is 23.2. The van der Waals surface area contributed by atoms with Crippen molar-refractivity contribution in [3.05, 3.63) is 64.9 Å². The van der Waals surface area contributed by atoms with Crippen LogP contribution in [0.1, 0.15) is 21.6 Å². The van der Waals surface area contributed by atoms with Crippen molar-refractivity contribution in [3.63, 3.8) is 0 Å². The standard InChI is InChI=1S/C20H23N5O2S/c1-21-20(22-11-14-6-8-15(9-7-14)19(26)25(2)3)23-12-16-13-27-18(24-16)17-5-4-10-28-17/h4-10,13H,11-12H2,1-3H3,(H2,21,22,23). The number of benzene rings is 1. The molecule has 2 aromatic heterocycles. The van der Waals surface area contributed by atoms with Gasteiger partial charge in [0, 0.05) is 33.3 Å². The summed E-state index contributed by atoms with van der Waals surface area (Å²) in [6, 6.07) is 11.5. The van der Waals surface area contributed by atoms with Gasteiger partial charge in [-0.05, 0) is 29.1 Å². The first-order valence-corrected chi connectivity index (χ1v) is 9.68. The second-order valence-electron chi connectivity index (χ2n) is 6.30. The monoisotopic (exact) mass is 397 g/mol. The van der Waals surface area contributed by atoms with Crippen molar-refractivity contribution in [1.29, 1.82) is 0 Å². The van der Waals surface area contributed by atoms with Gasteiger partial charge < -0.3 is 20.0 Å². The van der Waals surface area contributed by atoms with Gasteiger partial charge in [-0.15, -0.1) is 11.3 Å². The highest BCUT2D eigenvalue weighted by molar-refractivity contribution is 7.13. The lowest BCUT2D eigenvalue weighted by Crippen LogP contribution is -2.36. The Morgan fingerprint density at radius 2 is 1.93 bits per heavy atom. The quantitative estimate of drug-likeness (QED) is 0.494. The van der Waals surface area contributed by atoms with Crippen LogP contribution in [-0.2, 0) is 13.1 Å². The molecule has 0 fully saturated rings. The fraction of sp³-hybridized carbons (Fsp3) is 0.250. The van der Waals surface area contributed by atoms with Crippen LogP contribution in [0.2, 0.25) is 0 Å². The third-order valence-corrected chi connectivity index (χ3v) is 4.87. The van der Waals surface area contributed by atoms with E-state index in [1.807, 2.05) is 41.8 Å². The van der Waals surface area contributed by atoms with E-state index in [0.717, 1.165) is 16.1 Å². The van der Waals surface area contributed by atoms with Crippen LogP contribution in [0.3, 0.4) is 0 Å². The number of aromatic nitrogens is 1. The van der Waals surface area contributed by atoms with E-state index in [2.05, 4.69) is 20.6 Å². The minimum atomic E-state index is -0.00786. The third kappa shape index (κ3) is 4.98. The molecule has 0 saturated carbocycles. The van der Waals surface area contributed by atoms with E-state index in [1.54, 1.807) is 43.6 Å². The zero-order valence-electron chi connectivity index (χ0n) is 16.1. The molecule has 146 valence electrons. The highest BCUT2D eigenvalue weighted by Crippen LogP contribution is 2.23. The van der Waals surface area contributed by atoms with Gasteiger partial charge in [0.2, 0.25) is 5.89 Å². The molecule has 0 aliphatic carbocycles. The second kappa shape index (κ2) is 9.18. The summed E-state index contributed by atoms with van der Waals surface area (Å²) in [7, 11) is 5.20. The maximum absolute atomic E-state index is 11.9. The molecule has 0 unspecified atom stereocenters. The molecule has 0 atom stereocenters. The fourth-order valence-corrected chi connectivity index (χ4v) is 3.16. The third-order valence-electron chi connectivity index (χ3n) is 4.01. The fourth-order valence-electron chi connectivity index (χ4n) is 2.51. The van der Waals surface area contributed by atoms with Gasteiger partial charge in [0.05, 0.1) is 17.1 Å². The van der Waals surface area contributed by atoms with Gasteiger partial charge in [0.15, 0.2) is 5.96 Å². The number of aliphatic imine (C=N–C) groups is 1. The molecule has 0 saturated heterocycles. The highest BCUT2D eigenvalue weighted by Gasteiger charge is 2.09. The first-order valence-electron chi connectivity index (χ1n) is 8.80. The number of carbonyl (C=O) groups is 1.